The van der Waals surface area contributed by atoms with Crippen LogP contribution in [-0.2, 0) is 6.18 Å². The summed E-state index contributed by atoms with van der Waals surface area (Å²) < 4.78 is 38.6. The van der Waals surface area contributed by atoms with Crippen LogP contribution >= 0.6 is 0 Å². The van der Waals surface area contributed by atoms with E-state index < -0.39 is 11.7 Å². The van der Waals surface area contributed by atoms with Crippen molar-refractivity contribution < 1.29 is 13.2 Å². The average molecular weight is 275 g/mol. The molecule has 0 aliphatic heterocycles. The molecule has 20 heavy (non-hydrogen) atoms. The van der Waals surface area contributed by atoms with Gasteiger partial charge in [-0.05, 0) is 48.7 Å². The summed E-state index contributed by atoms with van der Waals surface area (Å²) in [6, 6.07) is 10.7. The zero-order valence-corrected chi connectivity index (χ0v) is 11.0. The number of rotatable bonds is 1. The maximum absolute atomic E-state index is 12.9. The summed E-state index contributed by atoms with van der Waals surface area (Å²) in [5.74, 6) is 0. The lowest BCUT2D eigenvalue weighted by atomic mass is 9.95. The summed E-state index contributed by atoms with van der Waals surface area (Å²) in [6.07, 6.45) is -4.46. The third kappa shape index (κ3) is 2.83. The Labute approximate surface area is 115 Å². The van der Waals surface area contributed by atoms with Crippen LogP contribution in [0.5, 0.6) is 0 Å². The van der Waals surface area contributed by atoms with Gasteiger partial charge in [0.15, 0.2) is 0 Å². The fourth-order valence-corrected chi connectivity index (χ4v) is 2.15. The van der Waals surface area contributed by atoms with E-state index in [9.17, 15) is 13.2 Å². The van der Waals surface area contributed by atoms with Gasteiger partial charge in [0.25, 0.3) is 0 Å². The van der Waals surface area contributed by atoms with E-state index in [0.717, 1.165) is 23.3 Å². The van der Waals surface area contributed by atoms with E-state index in [4.69, 9.17) is 5.26 Å². The van der Waals surface area contributed by atoms with Gasteiger partial charge in [-0.2, -0.15) is 18.4 Å². The molecule has 0 aromatic heterocycles. The van der Waals surface area contributed by atoms with Gasteiger partial charge in [0.1, 0.15) is 0 Å². The summed E-state index contributed by atoms with van der Waals surface area (Å²) in [6.45, 7) is 3.76. The number of nitrogens with zero attached hydrogens (tertiary/aromatic N) is 1. The Hall–Kier alpha value is -2.28. The maximum Gasteiger partial charge on any atom is 0.416 e. The first-order valence-corrected chi connectivity index (χ1v) is 6.01. The number of hydrogen-bond donors (Lipinski definition) is 0. The average Bonchev–Trinajstić information content (AvgIpc) is 2.37. The van der Waals surface area contributed by atoms with Crippen LogP contribution in [0.15, 0.2) is 36.4 Å². The van der Waals surface area contributed by atoms with Crippen molar-refractivity contribution in [3.8, 4) is 17.2 Å². The quantitative estimate of drug-likeness (QED) is 0.729. The van der Waals surface area contributed by atoms with Crippen LogP contribution in [0.1, 0.15) is 22.3 Å². The van der Waals surface area contributed by atoms with Gasteiger partial charge in [0, 0.05) is 0 Å². The second-order valence-electron chi connectivity index (χ2n) is 4.73. The highest BCUT2D eigenvalue weighted by atomic mass is 19.4. The molecule has 0 heterocycles. The van der Waals surface area contributed by atoms with Crippen LogP contribution in [0.4, 0.5) is 13.2 Å². The van der Waals surface area contributed by atoms with Gasteiger partial charge in [0.2, 0.25) is 0 Å². The van der Waals surface area contributed by atoms with Crippen LogP contribution in [0.2, 0.25) is 0 Å². The molecule has 2 aromatic rings. The fraction of sp³-hybridized carbons (Fsp3) is 0.188. The second-order valence-corrected chi connectivity index (χ2v) is 4.73. The van der Waals surface area contributed by atoms with Crippen molar-refractivity contribution in [1.82, 2.24) is 0 Å². The lowest BCUT2D eigenvalue weighted by Gasteiger charge is -2.12. The van der Waals surface area contributed by atoms with Crippen molar-refractivity contribution in [2.75, 3.05) is 0 Å². The molecule has 0 amide bonds. The monoisotopic (exact) mass is 275 g/mol. The molecule has 2 rings (SSSR count). The minimum atomic E-state index is -4.46. The molecule has 0 unspecified atom stereocenters. The van der Waals surface area contributed by atoms with Crippen molar-refractivity contribution >= 4 is 0 Å². The Morgan fingerprint density at radius 1 is 1.00 bits per heavy atom. The highest BCUT2D eigenvalue weighted by molar-refractivity contribution is 5.70. The Kier molecular flexibility index (Phi) is 3.54. The van der Waals surface area contributed by atoms with Crippen LogP contribution < -0.4 is 0 Å². The summed E-state index contributed by atoms with van der Waals surface area (Å²) in [4.78, 5) is 0. The molecule has 2 aromatic carbocycles. The van der Waals surface area contributed by atoms with Gasteiger partial charge < -0.3 is 0 Å². The van der Waals surface area contributed by atoms with Gasteiger partial charge in [-0.3, -0.25) is 0 Å². The van der Waals surface area contributed by atoms with E-state index in [1.54, 1.807) is 12.1 Å². The zero-order chi connectivity index (χ0) is 14.9. The van der Waals surface area contributed by atoms with Crippen LogP contribution in [-0.4, -0.2) is 0 Å². The van der Waals surface area contributed by atoms with Gasteiger partial charge in [-0.15, -0.1) is 0 Å². The first-order chi connectivity index (χ1) is 9.31. The van der Waals surface area contributed by atoms with E-state index in [2.05, 4.69) is 0 Å². The Morgan fingerprint density at radius 3 is 2.25 bits per heavy atom. The summed E-state index contributed by atoms with van der Waals surface area (Å²) in [7, 11) is 0. The van der Waals surface area contributed by atoms with Gasteiger partial charge in [-0.25, -0.2) is 0 Å². The van der Waals surface area contributed by atoms with Crippen molar-refractivity contribution in [2.24, 2.45) is 0 Å². The van der Waals surface area contributed by atoms with Gasteiger partial charge in [0.05, 0.1) is 17.2 Å². The summed E-state index contributed by atoms with van der Waals surface area (Å²) in [5, 5.41) is 8.90. The molecule has 0 radical (unpaired) electrons. The number of halogens is 3. The molecule has 0 bridgehead atoms. The lowest BCUT2D eigenvalue weighted by molar-refractivity contribution is -0.137. The second kappa shape index (κ2) is 5.01. The smallest absolute Gasteiger partial charge is 0.192 e. The normalized spacial score (nSPS) is 11.2. The number of aryl methyl sites for hydroxylation is 2. The third-order valence-corrected chi connectivity index (χ3v) is 3.08. The van der Waals surface area contributed by atoms with Crippen LogP contribution in [0.25, 0.3) is 11.1 Å². The summed E-state index contributed by atoms with van der Waals surface area (Å²) >= 11 is 0. The van der Waals surface area contributed by atoms with Crippen molar-refractivity contribution in [1.29, 1.82) is 5.26 Å². The van der Waals surface area contributed by atoms with Crippen molar-refractivity contribution in [3.63, 3.8) is 0 Å². The SMILES string of the molecule is Cc1ccc(-c2cc(C#N)cc(C(F)(F)F)c2)c(C)c1. The number of alkyl halides is 3. The van der Waals surface area contributed by atoms with E-state index >= 15 is 0 Å². The molecule has 0 aliphatic rings. The molecule has 0 aliphatic carbocycles. The molecular weight excluding hydrogens is 263 g/mol. The number of nitriles is 1. The lowest BCUT2D eigenvalue weighted by Crippen LogP contribution is -2.05. The van der Waals surface area contributed by atoms with E-state index in [1.807, 2.05) is 26.0 Å². The zero-order valence-electron chi connectivity index (χ0n) is 11.0. The molecule has 0 N–H and O–H groups in total. The van der Waals surface area contributed by atoms with Crippen LogP contribution in [0, 0.1) is 25.2 Å². The van der Waals surface area contributed by atoms with Crippen molar-refractivity contribution in [3.05, 3.63) is 58.7 Å². The number of benzene rings is 2. The molecule has 102 valence electrons. The molecular formula is C16H12F3N. The first-order valence-electron chi connectivity index (χ1n) is 6.01. The van der Waals surface area contributed by atoms with Crippen LogP contribution in [0.3, 0.4) is 0 Å². The van der Waals surface area contributed by atoms with E-state index in [-0.39, 0.29) is 5.56 Å². The molecule has 1 nitrogen and oxygen atoms in total. The molecule has 0 saturated heterocycles. The topological polar surface area (TPSA) is 23.8 Å². The minimum Gasteiger partial charge on any atom is -0.192 e. The standard InChI is InChI=1S/C16H12F3N/c1-10-3-4-15(11(2)5-10)13-6-12(9-20)7-14(8-13)16(17,18)19/h3-8H,1-2H3. The number of hydrogen-bond acceptors (Lipinski definition) is 1. The van der Waals surface area contributed by atoms with Crippen molar-refractivity contribution in [2.45, 2.75) is 20.0 Å². The first kappa shape index (κ1) is 14.1. The minimum absolute atomic E-state index is 0.00907. The maximum atomic E-state index is 12.9. The third-order valence-electron chi connectivity index (χ3n) is 3.08. The van der Waals surface area contributed by atoms with E-state index in [0.29, 0.717) is 11.1 Å². The highest BCUT2D eigenvalue weighted by Crippen LogP contribution is 2.34. The Balaban J connectivity index is 2.65. The largest absolute Gasteiger partial charge is 0.416 e. The highest BCUT2D eigenvalue weighted by Gasteiger charge is 2.31. The van der Waals surface area contributed by atoms with Gasteiger partial charge >= 0.3 is 6.18 Å². The fourth-order valence-electron chi connectivity index (χ4n) is 2.15. The summed E-state index contributed by atoms with van der Waals surface area (Å²) in [5.41, 5.74) is 2.25. The van der Waals surface area contributed by atoms with Gasteiger partial charge in [-0.1, -0.05) is 23.8 Å². The molecule has 0 saturated carbocycles. The molecule has 0 fully saturated rings. The molecule has 0 spiro atoms. The Morgan fingerprint density at radius 2 is 1.70 bits per heavy atom. The molecule has 0 atom stereocenters. The predicted molar refractivity (Wildman–Crippen MR) is 71.1 cm³/mol. The Bertz CT molecular complexity index is 694. The van der Waals surface area contributed by atoms with E-state index in [1.165, 1.54) is 6.07 Å². The predicted octanol–water partition coefficient (Wildman–Crippen LogP) is 4.86. The molecule has 4 heteroatoms.